The molecule has 5 nitrogen and oxygen atoms in total. The number of hydrogen-bond acceptors (Lipinski definition) is 5. The molecule has 2 aliphatic rings. The number of anilines is 1. The molecule has 0 unspecified atom stereocenters. The monoisotopic (exact) mass is 402 g/mol. The van der Waals surface area contributed by atoms with Crippen LogP contribution in [0.2, 0.25) is 0 Å². The molecular formula is C21H27FN4OS. The van der Waals surface area contributed by atoms with Crippen molar-refractivity contribution in [3.63, 3.8) is 0 Å². The Kier molecular flexibility index (Phi) is 5.92. The number of carbonyl (C=O) groups is 1. The molecule has 150 valence electrons. The molecule has 2 aromatic rings. The van der Waals surface area contributed by atoms with Crippen molar-refractivity contribution in [2.24, 2.45) is 5.92 Å². The second kappa shape index (κ2) is 8.57. The molecule has 7 heteroatoms. The molecule has 0 atom stereocenters. The number of likely N-dealkylation sites (tertiary alicyclic amines) is 1. The van der Waals surface area contributed by atoms with E-state index in [1.54, 1.807) is 17.4 Å². The zero-order valence-electron chi connectivity index (χ0n) is 16.3. The zero-order valence-corrected chi connectivity index (χ0v) is 17.1. The van der Waals surface area contributed by atoms with Crippen molar-refractivity contribution in [2.45, 2.75) is 26.3 Å². The summed E-state index contributed by atoms with van der Waals surface area (Å²) in [6.45, 7) is 7.53. The van der Waals surface area contributed by atoms with Gasteiger partial charge >= 0.3 is 0 Å². The first-order chi connectivity index (χ1) is 13.6. The summed E-state index contributed by atoms with van der Waals surface area (Å²) in [4.78, 5) is 23.9. The summed E-state index contributed by atoms with van der Waals surface area (Å²) in [5, 5.41) is 3.23. The summed E-state index contributed by atoms with van der Waals surface area (Å²) in [5.41, 5.74) is 1.77. The van der Waals surface area contributed by atoms with Gasteiger partial charge in [-0.3, -0.25) is 9.69 Å². The molecule has 2 fully saturated rings. The molecule has 2 aliphatic heterocycles. The second-order valence-electron chi connectivity index (χ2n) is 7.67. The quantitative estimate of drug-likeness (QED) is 0.788. The SMILES string of the molecule is Cc1nc(CN2CCC(C(=O)N3CCN(c4ccccc4F)CC3)CC2)cs1. The summed E-state index contributed by atoms with van der Waals surface area (Å²) >= 11 is 1.69. The molecule has 1 aromatic carbocycles. The maximum atomic E-state index is 14.0. The summed E-state index contributed by atoms with van der Waals surface area (Å²) in [6.07, 6.45) is 1.82. The number of amides is 1. The molecular weight excluding hydrogens is 375 g/mol. The van der Waals surface area contributed by atoms with E-state index < -0.39 is 0 Å². The van der Waals surface area contributed by atoms with E-state index in [1.807, 2.05) is 28.9 Å². The van der Waals surface area contributed by atoms with Crippen LogP contribution in [0.4, 0.5) is 10.1 Å². The Balaban J connectivity index is 1.25. The lowest BCUT2D eigenvalue weighted by atomic mass is 9.95. The van der Waals surface area contributed by atoms with Crippen molar-refractivity contribution in [2.75, 3.05) is 44.2 Å². The normalized spacial score (nSPS) is 19.2. The number of rotatable bonds is 4. The third-order valence-corrected chi connectivity index (χ3v) is 6.60. The van der Waals surface area contributed by atoms with Gasteiger partial charge in [0.2, 0.25) is 5.91 Å². The minimum absolute atomic E-state index is 0.119. The fourth-order valence-corrected chi connectivity index (χ4v) is 4.79. The Morgan fingerprint density at radius 1 is 1.14 bits per heavy atom. The fraction of sp³-hybridized carbons (Fsp3) is 0.524. The second-order valence-corrected chi connectivity index (χ2v) is 8.73. The van der Waals surface area contributed by atoms with E-state index in [9.17, 15) is 9.18 Å². The molecule has 2 saturated heterocycles. The average Bonchev–Trinajstić information content (AvgIpc) is 3.13. The molecule has 0 N–H and O–H groups in total. The highest BCUT2D eigenvalue weighted by molar-refractivity contribution is 7.09. The van der Waals surface area contributed by atoms with Gasteiger partial charge in [-0.1, -0.05) is 12.1 Å². The van der Waals surface area contributed by atoms with Crippen molar-refractivity contribution < 1.29 is 9.18 Å². The van der Waals surface area contributed by atoms with Crippen LogP contribution in [0.15, 0.2) is 29.6 Å². The molecule has 0 spiro atoms. The van der Waals surface area contributed by atoms with Crippen LogP contribution in [-0.4, -0.2) is 60.0 Å². The largest absolute Gasteiger partial charge is 0.366 e. The van der Waals surface area contributed by atoms with Gasteiger partial charge < -0.3 is 9.80 Å². The number of halogens is 1. The highest BCUT2D eigenvalue weighted by Crippen LogP contribution is 2.24. The lowest BCUT2D eigenvalue weighted by Crippen LogP contribution is -2.51. The van der Waals surface area contributed by atoms with Gasteiger partial charge in [-0.25, -0.2) is 9.37 Å². The zero-order chi connectivity index (χ0) is 19.5. The highest BCUT2D eigenvalue weighted by Gasteiger charge is 2.31. The van der Waals surface area contributed by atoms with Crippen molar-refractivity contribution in [1.82, 2.24) is 14.8 Å². The van der Waals surface area contributed by atoms with Crippen LogP contribution in [0.5, 0.6) is 0 Å². The fourth-order valence-electron chi connectivity index (χ4n) is 4.18. The van der Waals surface area contributed by atoms with E-state index in [4.69, 9.17) is 0 Å². The van der Waals surface area contributed by atoms with Gasteiger partial charge in [0, 0.05) is 44.0 Å². The van der Waals surface area contributed by atoms with Crippen molar-refractivity contribution in [3.05, 3.63) is 46.2 Å². The van der Waals surface area contributed by atoms with E-state index in [-0.39, 0.29) is 17.6 Å². The van der Waals surface area contributed by atoms with Crippen LogP contribution < -0.4 is 4.90 Å². The van der Waals surface area contributed by atoms with Crippen molar-refractivity contribution >= 4 is 22.9 Å². The summed E-state index contributed by atoms with van der Waals surface area (Å²) in [6, 6.07) is 6.87. The summed E-state index contributed by atoms with van der Waals surface area (Å²) < 4.78 is 14.0. The maximum Gasteiger partial charge on any atom is 0.225 e. The van der Waals surface area contributed by atoms with Gasteiger partial charge in [0.25, 0.3) is 0 Å². The number of thiazole rings is 1. The molecule has 0 aliphatic carbocycles. The van der Waals surface area contributed by atoms with Gasteiger partial charge in [0.05, 0.1) is 16.4 Å². The number of carbonyl (C=O) groups excluding carboxylic acids is 1. The molecule has 4 rings (SSSR count). The van der Waals surface area contributed by atoms with Crippen LogP contribution in [0.1, 0.15) is 23.5 Å². The predicted octanol–water partition coefficient (Wildman–Crippen LogP) is 3.15. The minimum Gasteiger partial charge on any atom is -0.366 e. The van der Waals surface area contributed by atoms with Crippen LogP contribution >= 0.6 is 11.3 Å². The standard InChI is InChI=1S/C21H27FN4OS/c1-16-23-18(15-28-16)14-24-8-6-17(7-9-24)21(27)26-12-10-25(11-13-26)20-5-3-2-4-19(20)22/h2-5,15,17H,6-14H2,1H3. The summed E-state index contributed by atoms with van der Waals surface area (Å²) in [7, 11) is 0. The van der Waals surface area contributed by atoms with Crippen molar-refractivity contribution in [1.29, 1.82) is 0 Å². The van der Waals surface area contributed by atoms with Crippen LogP contribution in [0.3, 0.4) is 0 Å². The van der Waals surface area contributed by atoms with Gasteiger partial charge in [-0.15, -0.1) is 11.3 Å². The first-order valence-corrected chi connectivity index (χ1v) is 10.9. The van der Waals surface area contributed by atoms with Crippen LogP contribution in [0.25, 0.3) is 0 Å². The van der Waals surface area contributed by atoms with Gasteiger partial charge in [-0.2, -0.15) is 0 Å². The first-order valence-electron chi connectivity index (χ1n) is 10.0. The Morgan fingerprint density at radius 3 is 2.50 bits per heavy atom. The third kappa shape index (κ3) is 4.36. The molecule has 0 saturated carbocycles. The predicted molar refractivity (Wildman–Crippen MR) is 110 cm³/mol. The number of aryl methyl sites for hydroxylation is 1. The Bertz CT molecular complexity index is 810. The maximum absolute atomic E-state index is 14.0. The number of aromatic nitrogens is 1. The van der Waals surface area contributed by atoms with E-state index in [0.29, 0.717) is 31.9 Å². The smallest absolute Gasteiger partial charge is 0.225 e. The van der Waals surface area contributed by atoms with E-state index in [1.165, 1.54) is 6.07 Å². The number of piperazine rings is 1. The molecule has 3 heterocycles. The first kappa shape index (κ1) is 19.3. The van der Waals surface area contributed by atoms with E-state index >= 15 is 0 Å². The Morgan fingerprint density at radius 2 is 1.86 bits per heavy atom. The van der Waals surface area contributed by atoms with E-state index in [2.05, 4.69) is 15.3 Å². The molecule has 1 amide bonds. The third-order valence-electron chi connectivity index (χ3n) is 5.77. The minimum atomic E-state index is -0.190. The number of nitrogens with zero attached hydrogens (tertiary/aromatic N) is 4. The highest BCUT2D eigenvalue weighted by atomic mass is 32.1. The molecule has 0 radical (unpaired) electrons. The van der Waals surface area contributed by atoms with Gasteiger partial charge in [-0.05, 0) is 45.0 Å². The Labute approximate surface area is 169 Å². The Hall–Kier alpha value is -1.99. The number of hydrogen-bond donors (Lipinski definition) is 0. The van der Waals surface area contributed by atoms with Crippen molar-refractivity contribution in [3.8, 4) is 0 Å². The van der Waals surface area contributed by atoms with Gasteiger partial charge in [0.1, 0.15) is 5.82 Å². The number of benzene rings is 1. The summed E-state index contributed by atoms with van der Waals surface area (Å²) in [5.74, 6) is 0.204. The molecule has 1 aromatic heterocycles. The molecule has 0 bridgehead atoms. The molecule has 28 heavy (non-hydrogen) atoms. The topological polar surface area (TPSA) is 39.7 Å². The van der Waals surface area contributed by atoms with Crippen LogP contribution in [-0.2, 0) is 11.3 Å². The van der Waals surface area contributed by atoms with Gasteiger partial charge in [0.15, 0.2) is 0 Å². The number of para-hydroxylation sites is 1. The number of piperidine rings is 1. The van der Waals surface area contributed by atoms with Crippen LogP contribution in [0, 0.1) is 18.7 Å². The lowest BCUT2D eigenvalue weighted by Gasteiger charge is -2.39. The average molecular weight is 403 g/mol. The van der Waals surface area contributed by atoms with E-state index in [0.717, 1.165) is 43.2 Å². The lowest BCUT2D eigenvalue weighted by molar-refractivity contribution is -0.137.